The molecule has 0 aliphatic heterocycles. The minimum Gasteiger partial charge on any atom is -0.478 e. The summed E-state index contributed by atoms with van der Waals surface area (Å²) < 4.78 is 47.4. The number of carbonyl (C=O) groups is 2. The van der Waals surface area contributed by atoms with Gasteiger partial charge in [-0.1, -0.05) is 31.4 Å². The molecule has 1 rings (SSSR count). The fraction of sp³-hybridized carbons (Fsp3) is 0.333. The maximum Gasteiger partial charge on any atom is 0.422 e. The number of carboxylic acid groups (broad SMARTS) is 1. The lowest BCUT2D eigenvalue weighted by molar-refractivity contribution is -0.182. The third-order valence-corrected chi connectivity index (χ3v) is 2.23. The summed E-state index contributed by atoms with van der Waals surface area (Å²) in [6.45, 7) is 4.52. The van der Waals surface area contributed by atoms with Crippen molar-refractivity contribution in [3.05, 3.63) is 55.6 Å². The second kappa shape index (κ2) is 17.2. The van der Waals surface area contributed by atoms with Gasteiger partial charge in [0.25, 0.3) is 0 Å². The number of alkyl halides is 3. The molecule has 1 unspecified atom stereocenters. The number of aliphatic carboxylic acids is 1. The Morgan fingerprint density at radius 2 is 1.69 bits per heavy atom. The highest BCUT2D eigenvalue weighted by atomic mass is 19.4. The number of benzene rings is 1. The van der Waals surface area contributed by atoms with Crippen LogP contribution in [0.4, 0.5) is 13.2 Å². The average molecular weight is 424 g/mol. The van der Waals surface area contributed by atoms with E-state index in [2.05, 4.69) is 17.9 Å². The topological polar surface area (TPSA) is 123 Å². The van der Waals surface area contributed by atoms with Crippen molar-refractivity contribution >= 4 is 11.9 Å². The summed E-state index contributed by atoms with van der Waals surface area (Å²) in [4.78, 5) is 19.3. The van der Waals surface area contributed by atoms with Crippen LogP contribution in [0.5, 0.6) is 5.75 Å². The number of carboxylic acids is 1. The Bertz CT molecular complexity index is 591. The molecule has 0 aliphatic carbocycles. The second-order valence-electron chi connectivity index (χ2n) is 4.65. The number of halogens is 3. The van der Waals surface area contributed by atoms with E-state index in [1.54, 1.807) is 12.1 Å². The maximum atomic E-state index is 11.2. The molecule has 0 bridgehead atoms. The molecule has 1 aromatic rings. The molecule has 0 aromatic heterocycles. The Labute approximate surface area is 165 Å². The van der Waals surface area contributed by atoms with Crippen LogP contribution in [0.25, 0.3) is 0 Å². The molecular formula is C18H23F3O8. The van der Waals surface area contributed by atoms with Gasteiger partial charge >= 0.3 is 18.1 Å². The first-order valence-corrected chi connectivity index (χ1v) is 7.85. The third kappa shape index (κ3) is 23.1. The number of ether oxygens (including phenoxy) is 3. The molecule has 0 aliphatic rings. The fourth-order valence-corrected chi connectivity index (χ4v) is 1.15. The largest absolute Gasteiger partial charge is 0.478 e. The van der Waals surface area contributed by atoms with Gasteiger partial charge in [-0.05, 0) is 12.1 Å². The van der Waals surface area contributed by atoms with E-state index < -0.39 is 31.0 Å². The van der Waals surface area contributed by atoms with Crippen molar-refractivity contribution in [1.82, 2.24) is 0 Å². The number of carbonyl (C=O) groups excluding carboxylic acids is 1. The highest BCUT2D eigenvalue weighted by molar-refractivity contribution is 5.81. The smallest absolute Gasteiger partial charge is 0.422 e. The van der Waals surface area contributed by atoms with Crippen LogP contribution in [0, 0.1) is 0 Å². The van der Waals surface area contributed by atoms with Crippen LogP contribution in [0.15, 0.2) is 55.6 Å². The molecule has 29 heavy (non-hydrogen) atoms. The van der Waals surface area contributed by atoms with Gasteiger partial charge in [0.2, 0.25) is 6.29 Å². The molecule has 1 aromatic carbocycles. The minimum atomic E-state index is -4.46. The van der Waals surface area contributed by atoms with E-state index in [9.17, 15) is 27.9 Å². The van der Waals surface area contributed by atoms with Gasteiger partial charge in [-0.3, -0.25) is 0 Å². The molecule has 3 N–H and O–H groups in total. The van der Waals surface area contributed by atoms with Gasteiger partial charge in [-0.2, -0.15) is 13.2 Å². The standard InChI is InChI=1S/C10H14O4.C5H5F3O2.C3H4O2/c11-6-7-13-8-10(12)14-9-4-2-1-3-5-9;1-2-4(9)10-3-5(6,7)8;1-2-3(4)5/h1-5,10-12H,6-8H2;2H,1,3H2;2H,1H2,(H,4,5). The Hall–Kier alpha value is -2.89. The van der Waals surface area contributed by atoms with Crippen LogP contribution in [-0.4, -0.2) is 66.2 Å². The summed E-state index contributed by atoms with van der Waals surface area (Å²) in [7, 11) is 0. The lowest BCUT2D eigenvalue weighted by Crippen LogP contribution is -2.23. The predicted molar refractivity (Wildman–Crippen MR) is 96.0 cm³/mol. The molecule has 0 radical (unpaired) electrons. The lowest BCUT2D eigenvalue weighted by atomic mass is 10.3. The molecule has 0 saturated heterocycles. The normalized spacial score (nSPS) is 10.8. The van der Waals surface area contributed by atoms with Crippen molar-refractivity contribution in [2.75, 3.05) is 26.4 Å². The third-order valence-electron chi connectivity index (χ3n) is 2.23. The van der Waals surface area contributed by atoms with E-state index >= 15 is 0 Å². The van der Waals surface area contributed by atoms with Crippen molar-refractivity contribution in [3.63, 3.8) is 0 Å². The molecule has 0 spiro atoms. The van der Waals surface area contributed by atoms with Crippen molar-refractivity contribution in [2.45, 2.75) is 12.5 Å². The van der Waals surface area contributed by atoms with E-state index in [0.717, 1.165) is 6.08 Å². The van der Waals surface area contributed by atoms with Gasteiger partial charge in [0.05, 0.1) is 13.2 Å². The lowest BCUT2D eigenvalue weighted by Gasteiger charge is -2.12. The van der Waals surface area contributed by atoms with Crippen LogP contribution in [-0.2, 0) is 19.1 Å². The molecule has 0 saturated carbocycles. The minimum absolute atomic E-state index is 0.0510. The molecular weight excluding hydrogens is 401 g/mol. The molecule has 0 fully saturated rings. The Morgan fingerprint density at radius 3 is 2.10 bits per heavy atom. The molecule has 164 valence electrons. The summed E-state index contributed by atoms with van der Waals surface area (Å²) in [6.07, 6.45) is -3.95. The second-order valence-corrected chi connectivity index (χ2v) is 4.65. The number of para-hydroxylation sites is 1. The summed E-state index contributed by atoms with van der Waals surface area (Å²) in [5, 5.41) is 25.3. The first-order valence-electron chi connectivity index (χ1n) is 7.85. The number of aliphatic hydroxyl groups is 2. The Kier molecular flexibility index (Phi) is 16.8. The Balaban J connectivity index is 0. The zero-order chi connectivity index (χ0) is 22.7. The van der Waals surface area contributed by atoms with Gasteiger partial charge < -0.3 is 29.5 Å². The van der Waals surface area contributed by atoms with Crippen molar-refractivity contribution in [1.29, 1.82) is 0 Å². The van der Waals surface area contributed by atoms with E-state index in [1.807, 2.05) is 18.2 Å². The highest BCUT2D eigenvalue weighted by Crippen LogP contribution is 2.14. The molecule has 8 nitrogen and oxygen atoms in total. The number of hydrogen-bond donors (Lipinski definition) is 3. The molecule has 1 atom stereocenters. The SMILES string of the molecule is C=CC(=O)O.C=CC(=O)OCC(F)(F)F.OCCOCC(O)Oc1ccccc1. The van der Waals surface area contributed by atoms with Crippen LogP contribution >= 0.6 is 0 Å². The zero-order valence-corrected chi connectivity index (χ0v) is 15.4. The van der Waals surface area contributed by atoms with E-state index in [1.165, 1.54) is 0 Å². The van der Waals surface area contributed by atoms with Crippen LogP contribution < -0.4 is 4.74 Å². The molecule has 11 heteroatoms. The average Bonchev–Trinajstić information content (AvgIpc) is 2.67. The van der Waals surface area contributed by atoms with Crippen molar-refractivity contribution in [3.8, 4) is 5.75 Å². The zero-order valence-electron chi connectivity index (χ0n) is 15.4. The number of aliphatic hydroxyl groups excluding tert-OH is 2. The van der Waals surface area contributed by atoms with Crippen molar-refractivity contribution < 1.29 is 52.3 Å². The summed E-state index contributed by atoms with van der Waals surface area (Å²) in [5.74, 6) is -1.46. The van der Waals surface area contributed by atoms with Gasteiger partial charge in [0, 0.05) is 12.2 Å². The van der Waals surface area contributed by atoms with Crippen LogP contribution in [0.2, 0.25) is 0 Å². The van der Waals surface area contributed by atoms with E-state index in [4.69, 9.17) is 19.7 Å². The predicted octanol–water partition coefficient (Wildman–Crippen LogP) is 1.93. The van der Waals surface area contributed by atoms with E-state index in [-0.39, 0.29) is 19.8 Å². The quantitative estimate of drug-likeness (QED) is 0.238. The van der Waals surface area contributed by atoms with Crippen molar-refractivity contribution in [2.24, 2.45) is 0 Å². The van der Waals surface area contributed by atoms with Gasteiger partial charge in [-0.25, -0.2) is 9.59 Å². The van der Waals surface area contributed by atoms with Gasteiger partial charge in [-0.15, -0.1) is 0 Å². The summed E-state index contributed by atoms with van der Waals surface area (Å²) in [5.41, 5.74) is 0. The monoisotopic (exact) mass is 424 g/mol. The van der Waals surface area contributed by atoms with E-state index in [0.29, 0.717) is 11.8 Å². The summed E-state index contributed by atoms with van der Waals surface area (Å²) in [6, 6.07) is 8.99. The first-order chi connectivity index (χ1) is 13.6. The number of esters is 1. The van der Waals surface area contributed by atoms with Gasteiger partial charge in [0.1, 0.15) is 12.4 Å². The molecule has 0 amide bonds. The number of rotatable bonds is 9. The summed E-state index contributed by atoms with van der Waals surface area (Å²) >= 11 is 0. The molecule has 0 heterocycles. The van der Waals surface area contributed by atoms with Crippen LogP contribution in [0.3, 0.4) is 0 Å². The number of hydrogen-bond acceptors (Lipinski definition) is 7. The maximum absolute atomic E-state index is 11.2. The van der Waals surface area contributed by atoms with Gasteiger partial charge in [0.15, 0.2) is 6.61 Å². The fourth-order valence-electron chi connectivity index (χ4n) is 1.15. The Morgan fingerprint density at radius 1 is 1.14 bits per heavy atom. The first kappa shape index (κ1) is 28.3. The van der Waals surface area contributed by atoms with Crippen LogP contribution in [0.1, 0.15) is 0 Å². The highest BCUT2D eigenvalue weighted by Gasteiger charge is 2.28.